The van der Waals surface area contributed by atoms with Gasteiger partial charge in [0.15, 0.2) is 0 Å². The minimum absolute atomic E-state index is 0.0826. The zero-order valence-corrected chi connectivity index (χ0v) is 10.2. The van der Waals surface area contributed by atoms with Gasteiger partial charge in [-0.15, -0.1) is 0 Å². The van der Waals surface area contributed by atoms with Crippen LogP contribution in [0.4, 0.5) is 5.69 Å². The lowest BCUT2D eigenvalue weighted by molar-refractivity contribution is 0.0878. The minimum Gasteiger partial charge on any atom is -0.494 e. The van der Waals surface area contributed by atoms with Gasteiger partial charge in [0.05, 0.1) is 23.4 Å². The summed E-state index contributed by atoms with van der Waals surface area (Å²) in [5.74, 6) is -0.371. The Labute approximate surface area is 108 Å². The molecule has 19 heavy (non-hydrogen) atoms. The minimum atomic E-state index is -0.512. The van der Waals surface area contributed by atoms with Crippen LogP contribution in [0.25, 0.3) is 10.9 Å². The van der Waals surface area contributed by atoms with E-state index < -0.39 is 11.8 Å². The van der Waals surface area contributed by atoms with Crippen LogP contribution < -0.4 is 15.8 Å². The van der Waals surface area contributed by atoms with Crippen LogP contribution in [-0.2, 0) is 0 Å². The summed E-state index contributed by atoms with van der Waals surface area (Å²) in [5.41, 5.74) is 7.02. The standard InChI is InChI=1S/C13H11N3O3/c1-2-19-6-3-4-8-7(5-6)10(14)9-11(15-8)13(18)16-12(9)17/h3-5H,2H2,1H3,(H2,14,15)(H,16,17,18). The van der Waals surface area contributed by atoms with E-state index in [9.17, 15) is 9.59 Å². The quantitative estimate of drug-likeness (QED) is 0.785. The monoisotopic (exact) mass is 257 g/mol. The van der Waals surface area contributed by atoms with Crippen molar-refractivity contribution in [2.75, 3.05) is 12.3 Å². The van der Waals surface area contributed by atoms with Gasteiger partial charge in [-0.2, -0.15) is 0 Å². The molecule has 0 fully saturated rings. The van der Waals surface area contributed by atoms with Crippen LogP contribution in [0.3, 0.4) is 0 Å². The summed E-state index contributed by atoms with van der Waals surface area (Å²) in [6.45, 7) is 2.41. The Morgan fingerprint density at radius 2 is 2.11 bits per heavy atom. The molecule has 1 aromatic carbocycles. The number of anilines is 1. The van der Waals surface area contributed by atoms with Crippen molar-refractivity contribution < 1.29 is 14.3 Å². The van der Waals surface area contributed by atoms with Crippen LogP contribution in [-0.4, -0.2) is 23.4 Å². The molecule has 6 nitrogen and oxygen atoms in total. The lowest BCUT2D eigenvalue weighted by Gasteiger charge is -2.08. The van der Waals surface area contributed by atoms with Crippen molar-refractivity contribution in [1.29, 1.82) is 0 Å². The van der Waals surface area contributed by atoms with Gasteiger partial charge < -0.3 is 10.5 Å². The maximum Gasteiger partial charge on any atom is 0.277 e. The number of rotatable bonds is 2. The maximum absolute atomic E-state index is 11.7. The fourth-order valence-electron chi connectivity index (χ4n) is 2.14. The molecular formula is C13H11N3O3. The van der Waals surface area contributed by atoms with Gasteiger partial charge >= 0.3 is 0 Å². The van der Waals surface area contributed by atoms with Gasteiger partial charge in [-0.05, 0) is 25.1 Å². The average molecular weight is 257 g/mol. The summed E-state index contributed by atoms with van der Waals surface area (Å²) < 4.78 is 5.39. The zero-order valence-electron chi connectivity index (χ0n) is 10.2. The number of carbonyl (C=O) groups excluding carboxylic acids is 2. The normalized spacial score (nSPS) is 13.5. The van der Waals surface area contributed by atoms with Crippen LogP contribution in [0.15, 0.2) is 18.2 Å². The first-order valence-corrected chi connectivity index (χ1v) is 5.83. The van der Waals surface area contributed by atoms with Crippen molar-refractivity contribution in [2.45, 2.75) is 6.92 Å². The molecule has 6 heteroatoms. The van der Waals surface area contributed by atoms with Crippen LogP contribution in [0, 0.1) is 0 Å². The zero-order chi connectivity index (χ0) is 13.6. The van der Waals surface area contributed by atoms with Crippen LogP contribution >= 0.6 is 0 Å². The Balaban J connectivity index is 2.30. The molecular weight excluding hydrogens is 246 g/mol. The Morgan fingerprint density at radius 1 is 1.32 bits per heavy atom. The lowest BCUT2D eigenvalue weighted by Crippen LogP contribution is -2.20. The summed E-state index contributed by atoms with van der Waals surface area (Å²) in [6, 6.07) is 5.18. The highest BCUT2D eigenvalue weighted by molar-refractivity contribution is 6.25. The van der Waals surface area contributed by atoms with Crippen molar-refractivity contribution in [1.82, 2.24) is 10.3 Å². The molecule has 2 heterocycles. The third-order valence-electron chi connectivity index (χ3n) is 2.98. The number of pyridine rings is 1. The van der Waals surface area contributed by atoms with E-state index in [1.54, 1.807) is 18.2 Å². The number of nitrogens with two attached hydrogens (primary N) is 1. The van der Waals surface area contributed by atoms with Crippen molar-refractivity contribution in [2.24, 2.45) is 0 Å². The number of carbonyl (C=O) groups is 2. The van der Waals surface area contributed by atoms with E-state index in [4.69, 9.17) is 10.5 Å². The number of aromatic nitrogens is 1. The summed E-state index contributed by atoms with van der Waals surface area (Å²) >= 11 is 0. The molecule has 1 aliphatic heterocycles. The molecule has 96 valence electrons. The number of nitrogen functional groups attached to an aromatic ring is 1. The molecule has 0 radical (unpaired) electrons. The third-order valence-corrected chi connectivity index (χ3v) is 2.98. The Morgan fingerprint density at radius 3 is 2.84 bits per heavy atom. The molecule has 0 saturated heterocycles. The lowest BCUT2D eigenvalue weighted by atomic mass is 10.1. The molecule has 0 saturated carbocycles. The first kappa shape index (κ1) is 11.5. The topological polar surface area (TPSA) is 94.3 Å². The molecule has 2 amide bonds. The first-order valence-electron chi connectivity index (χ1n) is 5.83. The number of amides is 2. The fourth-order valence-corrected chi connectivity index (χ4v) is 2.14. The predicted molar refractivity (Wildman–Crippen MR) is 69.1 cm³/mol. The van der Waals surface area contributed by atoms with Crippen molar-refractivity contribution >= 4 is 28.4 Å². The summed E-state index contributed by atoms with van der Waals surface area (Å²) in [4.78, 5) is 27.4. The highest BCUT2D eigenvalue weighted by Crippen LogP contribution is 2.31. The number of fused-ring (bicyclic) bond motifs is 2. The largest absolute Gasteiger partial charge is 0.494 e. The van der Waals surface area contributed by atoms with Crippen molar-refractivity contribution in [3.05, 3.63) is 29.5 Å². The molecule has 0 spiro atoms. The Hall–Kier alpha value is -2.63. The number of benzene rings is 1. The van der Waals surface area contributed by atoms with E-state index >= 15 is 0 Å². The van der Waals surface area contributed by atoms with Gasteiger partial charge in [0, 0.05) is 5.39 Å². The van der Waals surface area contributed by atoms with E-state index in [0.717, 1.165) is 0 Å². The number of hydrogen-bond donors (Lipinski definition) is 2. The molecule has 1 aromatic heterocycles. The van der Waals surface area contributed by atoms with Gasteiger partial charge in [-0.3, -0.25) is 14.9 Å². The van der Waals surface area contributed by atoms with Crippen LogP contribution in [0.5, 0.6) is 5.75 Å². The van der Waals surface area contributed by atoms with Gasteiger partial charge in [0.1, 0.15) is 11.4 Å². The summed E-state index contributed by atoms with van der Waals surface area (Å²) in [7, 11) is 0. The van der Waals surface area contributed by atoms with Crippen LogP contribution in [0.2, 0.25) is 0 Å². The van der Waals surface area contributed by atoms with E-state index in [0.29, 0.717) is 23.3 Å². The number of ether oxygens (including phenoxy) is 1. The highest BCUT2D eigenvalue weighted by atomic mass is 16.5. The number of nitrogens with zero attached hydrogens (tertiary/aromatic N) is 1. The van der Waals surface area contributed by atoms with Gasteiger partial charge in [0.25, 0.3) is 11.8 Å². The second-order valence-electron chi connectivity index (χ2n) is 4.14. The van der Waals surface area contributed by atoms with E-state index in [1.807, 2.05) is 6.92 Å². The predicted octanol–water partition coefficient (Wildman–Crippen LogP) is 1.10. The molecule has 0 bridgehead atoms. The molecule has 0 atom stereocenters. The number of imide groups is 1. The average Bonchev–Trinajstić information content (AvgIpc) is 2.66. The van der Waals surface area contributed by atoms with E-state index in [1.165, 1.54) is 0 Å². The van der Waals surface area contributed by atoms with Crippen molar-refractivity contribution in [3.8, 4) is 5.75 Å². The molecule has 1 aliphatic rings. The maximum atomic E-state index is 11.7. The van der Waals surface area contributed by atoms with Gasteiger partial charge in [0.2, 0.25) is 0 Å². The van der Waals surface area contributed by atoms with Crippen molar-refractivity contribution in [3.63, 3.8) is 0 Å². The smallest absolute Gasteiger partial charge is 0.277 e. The second-order valence-corrected chi connectivity index (χ2v) is 4.14. The summed E-state index contributed by atoms with van der Waals surface area (Å²) in [6.07, 6.45) is 0. The Kier molecular flexibility index (Phi) is 2.38. The van der Waals surface area contributed by atoms with Gasteiger partial charge in [-0.25, -0.2) is 4.98 Å². The molecule has 3 N–H and O–H groups in total. The first-order chi connectivity index (χ1) is 9.11. The highest BCUT2D eigenvalue weighted by Gasteiger charge is 2.31. The molecule has 3 rings (SSSR count). The molecule has 0 unspecified atom stereocenters. The Bertz CT molecular complexity index is 725. The SMILES string of the molecule is CCOc1ccc2nc3c(c(N)c2c1)C(=O)NC3=O. The fraction of sp³-hybridized carbons (Fsp3) is 0.154. The van der Waals surface area contributed by atoms with Gasteiger partial charge in [-0.1, -0.05) is 0 Å². The molecule has 2 aromatic rings. The third kappa shape index (κ3) is 1.61. The van der Waals surface area contributed by atoms with Crippen LogP contribution in [0.1, 0.15) is 27.8 Å². The van der Waals surface area contributed by atoms with E-state index in [-0.39, 0.29) is 16.9 Å². The molecule has 0 aliphatic carbocycles. The second kappa shape index (κ2) is 3.94. The number of nitrogens with one attached hydrogen (secondary N) is 1. The van der Waals surface area contributed by atoms with E-state index in [2.05, 4.69) is 10.3 Å². The summed E-state index contributed by atoms with van der Waals surface area (Å²) in [5, 5.41) is 2.79. The number of hydrogen-bond acceptors (Lipinski definition) is 5.